The molecule has 0 bridgehead atoms. The van der Waals surface area contributed by atoms with E-state index >= 15 is 0 Å². The summed E-state index contributed by atoms with van der Waals surface area (Å²) in [7, 11) is 0. The number of ether oxygens (including phenoxy) is 1. The first-order valence-corrected chi connectivity index (χ1v) is 7.26. The van der Waals surface area contributed by atoms with E-state index in [4.69, 9.17) is 10.5 Å². The fourth-order valence-electron chi connectivity index (χ4n) is 3.17. The molecule has 1 unspecified atom stereocenters. The van der Waals surface area contributed by atoms with Gasteiger partial charge in [0, 0.05) is 18.7 Å². The lowest BCUT2D eigenvalue weighted by molar-refractivity contribution is 0.0206. The van der Waals surface area contributed by atoms with Crippen LogP contribution in [-0.4, -0.2) is 30.8 Å². The van der Waals surface area contributed by atoms with Crippen molar-refractivity contribution < 1.29 is 4.74 Å². The zero-order chi connectivity index (χ0) is 12.2. The molecule has 1 aliphatic heterocycles. The minimum Gasteiger partial charge on any atom is -0.374 e. The first-order chi connectivity index (χ1) is 8.12. The van der Waals surface area contributed by atoms with Crippen molar-refractivity contribution in [1.82, 2.24) is 5.32 Å². The molecule has 1 saturated heterocycles. The fourth-order valence-corrected chi connectivity index (χ4v) is 3.17. The summed E-state index contributed by atoms with van der Waals surface area (Å²) >= 11 is 0. The first-order valence-electron chi connectivity index (χ1n) is 7.26. The SMILES string of the molecule is CC1(CNCCC2(N)CCCCC2)CCCO1. The summed E-state index contributed by atoms with van der Waals surface area (Å²) in [6.07, 6.45) is 9.94. The molecule has 1 aliphatic carbocycles. The third-order valence-corrected chi connectivity index (χ3v) is 4.45. The molecule has 1 atom stereocenters. The van der Waals surface area contributed by atoms with E-state index in [1.54, 1.807) is 0 Å². The van der Waals surface area contributed by atoms with Gasteiger partial charge in [0.05, 0.1) is 5.60 Å². The van der Waals surface area contributed by atoms with E-state index in [1.807, 2.05) is 0 Å². The molecule has 2 rings (SSSR count). The molecule has 0 aromatic rings. The van der Waals surface area contributed by atoms with Gasteiger partial charge in [-0.05, 0) is 45.6 Å². The smallest absolute Gasteiger partial charge is 0.0779 e. The second kappa shape index (κ2) is 5.68. The van der Waals surface area contributed by atoms with E-state index in [0.717, 1.165) is 26.1 Å². The molecule has 0 aromatic carbocycles. The topological polar surface area (TPSA) is 47.3 Å². The maximum atomic E-state index is 6.42. The van der Waals surface area contributed by atoms with Crippen LogP contribution in [0.4, 0.5) is 0 Å². The van der Waals surface area contributed by atoms with Crippen LogP contribution in [-0.2, 0) is 4.74 Å². The highest BCUT2D eigenvalue weighted by Gasteiger charge is 2.30. The van der Waals surface area contributed by atoms with E-state index in [-0.39, 0.29) is 11.1 Å². The predicted molar refractivity (Wildman–Crippen MR) is 71.1 cm³/mol. The second-order valence-corrected chi connectivity index (χ2v) is 6.25. The van der Waals surface area contributed by atoms with Crippen LogP contribution < -0.4 is 11.1 Å². The van der Waals surface area contributed by atoms with Crippen molar-refractivity contribution in [2.75, 3.05) is 19.7 Å². The van der Waals surface area contributed by atoms with Gasteiger partial charge in [-0.25, -0.2) is 0 Å². The van der Waals surface area contributed by atoms with E-state index in [9.17, 15) is 0 Å². The maximum absolute atomic E-state index is 6.42. The van der Waals surface area contributed by atoms with Crippen LogP contribution in [0, 0.1) is 0 Å². The van der Waals surface area contributed by atoms with Crippen molar-refractivity contribution in [3.05, 3.63) is 0 Å². The van der Waals surface area contributed by atoms with E-state index in [0.29, 0.717) is 0 Å². The van der Waals surface area contributed by atoms with Crippen molar-refractivity contribution >= 4 is 0 Å². The lowest BCUT2D eigenvalue weighted by Gasteiger charge is -2.34. The summed E-state index contributed by atoms with van der Waals surface area (Å²) in [5.74, 6) is 0. The van der Waals surface area contributed by atoms with Crippen LogP contribution in [0.15, 0.2) is 0 Å². The Kier molecular flexibility index (Phi) is 4.45. The van der Waals surface area contributed by atoms with Crippen molar-refractivity contribution in [3.8, 4) is 0 Å². The first kappa shape index (κ1) is 13.3. The maximum Gasteiger partial charge on any atom is 0.0779 e. The molecule has 0 radical (unpaired) electrons. The van der Waals surface area contributed by atoms with Crippen LogP contribution in [0.5, 0.6) is 0 Å². The molecule has 17 heavy (non-hydrogen) atoms. The van der Waals surface area contributed by atoms with Crippen LogP contribution in [0.3, 0.4) is 0 Å². The standard InChI is InChI=1S/C14H28N2O/c1-13(6-5-11-17-13)12-16-10-9-14(15)7-3-2-4-8-14/h16H,2-12,15H2,1H3. The highest BCUT2D eigenvalue weighted by Crippen LogP contribution is 2.28. The van der Waals surface area contributed by atoms with E-state index in [1.165, 1.54) is 44.9 Å². The van der Waals surface area contributed by atoms with Gasteiger partial charge in [-0.2, -0.15) is 0 Å². The highest BCUT2D eigenvalue weighted by atomic mass is 16.5. The summed E-state index contributed by atoms with van der Waals surface area (Å²) in [4.78, 5) is 0. The monoisotopic (exact) mass is 240 g/mol. The molecule has 0 spiro atoms. The molecular formula is C14H28N2O. The average molecular weight is 240 g/mol. The van der Waals surface area contributed by atoms with Crippen molar-refractivity contribution in [2.45, 2.75) is 69.4 Å². The van der Waals surface area contributed by atoms with Crippen LogP contribution >= 0.6 is 0 Å². The minimum atomic E-state index is 0.0777. The zero-order valence-corrected chi connectivity index (χ0v) is 11.3. The van der Waals surface area contributed by atoms with E-state index in [2.05, 4.69) is 12.2 Å². The Morgan fingerprint density at radius 1 is 1.12 bits per heavy atom. The van der Waals surface area contributed by atoms with Crippen molar-refractivity contribution in [2.24, 2.45) is 5.73 Å². The minimum absolute atomic E-state index is 0.0777. The molecule has 0 amide bonds. The largest absolute Gasteiger partial charge is 0.374 e. The van der Waals surface area contributed by atoms with Crippen LogP contribution in [0.25, 0.3) is 0 Å². The zero-order valence-electron chi connectivity index (χ0n) is 11.3. The van der Waals surface area contributed by atoms with Gasteiger partial charge in [-0.3, -0.25) is 0 Å². The molecule has 3 heteroatoms. The second-order valence-electron chi connectivity index (χ2n) is 6.25. The van der Waals surface area contributed by atoms with Gasteiger partial charge in [0.25, 0.3) is 0 Å². The van der Waals surface area contributed by atoms with Gasteiger partial charge in [0.15, 0.2) is 0 Å². The van der Waals surface area contributed by atoms with Gasteiger partial charge >= 0.3 is 0 Å². The van der Waals surface area contributed by atoms with Crippen LogP contribution in [0.2, 0.25) is 0 Å². The lowest BCUT2D eigenvalue weighted by atomic mass is 9.80. The molecule has 100 valence electrons. The normalized spacial score (nSPS) is 32.8. The molecule has 3 nitrogen and oxygen atoms in total. The Labute approximate surface area is 105 Å². The quantitative estimate of drug-likeness (QED) is 0.724. The van der Waals surface area contributed by atoms with Crippen LogP contribution in [0.1, 0.15) is 58.3 Å². The predicted octanol–water partition coefficient (Wildman–Crippen LogP) is 2.20. The summed E-state index contributed by atoms with van der Waals surface area (Å²) in [5, 5.41) is 3.54. The summed E-state index contributed by atoms with van der Waals surface area (Å²) in [6.45, 7) is 5.16. The van der Waals surface area contributed by atoms with Gasteiger partial charge in [-0.1, -0.05) is 19.3 Å². The number of hydrogen-bond donors (Lipinski definition) is 2. The summed E-state index contributed by atoms with van der Waals surface area (Å²) in [5.41, 5.74) is 6.61. The van der Waals surface area contributed by atoms with Crippen molar-refractivity contribution in [3.63, 3.8) is 0 Å². The summed E-state index contributed by atoms with van der Waals surface area (Å²) in [6, 6.07) is 0. The number of hydrogen-bond acceptors (Lipinski definition) is 3. The van der Waals surface area contributed by atoms with Crippen molar-refractivity contribution in [1.29, 1.82) is 0 Å². The van der Waals surface area contributed by atoms with Gasteiger partial charge in [0.1, 0.15) is 0 Å². The van der Waals surface area contributed by atoms with Gasteiger partial charge in [0.2, 0.25) is 0 Å². The van der Waals surface area contributed by atoms with Gasteiger partial charge < -0.3 is 15.8 Å². The Morgan fingerprint density at radius 2 is 1.88 bits per heavy atom. The Bertz CT molecular complexity index is 230. The molecule has 2 aliphatic rings. The average Bonchev–Trinajstić information content (AvgIpc) is 2.73. The number of rotatable bonds is 5. The third kappa shape index (κ3) is 3.94. The molecular weight excluding hydrogens is 212 g/mol. The van der Waals surface area contributed by atoms with E-state index < -0.39 is 0 Å². The fraction of sp³-hybridized carbons (Fsp3) is 1.00. The lowest BCUT2D eigenvalue weighted by Crippen LogP contribution is -2.45. The third-order valence-electron chi connectivity index (χ3n) is 4.45. The Balaban J connectivity index is 1.62. The molecule has 1 heterocycles. The molecule has 2 fully saturated rings. The molecule has 0 aromatic heterocycles. The summed E-state index contributed by atoms with van der Waals surface area (Å²) < 4.78 is 5.76. The Morgan fingerprint density at radius 3 is 2.53 bits per heavy atom. The number of nitrogens with two attached hydrogens (primary N) is 1. The van der Waals surface area contributed by atoms with Gasteiger partial charge in [-0.15, -0.1) is 0 Å². The number of nitrogens with one attached hydrogen (secondary N) is 1. The Hall–Kier alpha value is -0.120. The molecule has 1 saturated carbocycles. The highest BCUT2D eigenvalue weighted by molar-refractivity contribution is 4.88. The molecule has 3 N–H and O–H groups in total.